The van der Waals surface area contributed by atoms with E-state index in [0.29, 0.717) is 32.0 Å². The van der Waals surface area contributed by atoms with Crippen molar-refractivity contribution in [2.45, 2.75) is 25.6 Å². The summed E-state index contributed by atoms with van der Waals surface area (Å²) in [5, 5.41) is 1.11. The maximum absolute atomic E-state index is 12.8. The molecule has 5 heteroatoms. The Hall–Kier alpha value is -1.85. The molecule has 2 aliphatic rings. The topological polar surface area (TPSA) is 54.6 Å². The van der Waals surface area contributed by atoms with E-state index >= 15 is 0 Å². The number of aromatic amines is 1. The van der Waals surface area contributed by atoms with Crippen molar-refractivity contribution in [1.82, 2.24) is 9.88 Å². The van der Waals surface area contributed by atoms with E-state index in [4.69, 9.17) is 9.47 Å². The number of ether oxygens (including phenoxy) is 2. The predicted molar refractivity (Wildman–Crippen MR) is 82.8 cm³/mol. The van der Waals surface area contributed by atoms with Gasteiger partial charge in [-0.3, -0.25) is 4.79 Å². The molecule has 1 aromatic heterocycles. The number of aryl methyl sites for hydroxylation is 1. The fraction of sp³-hybridized carbons (Fsp3) is 0.471. The zero-order valence-electron chi connectivity index (χ0n) is 12.7. The highest BCUT2D eigenvalue weighted by Crippen LogP contribution is 2.32. The minimum absolute atomic E-state index is 0.0709. The molecule has 0 bridgehead atoms. The third-order valence-electron chi connectivity index (χ3n) is 4.81. The van der Waals surface area contributed by atoms with Crippen molar-refractivity contribution in [2.24, 2.45) is 0 Å². The second-order valence-electron chi connectivity index (χ2n) is 6.07. The number of piperidine rings is 1. The van der Waals surface area contributed by atoms with E-state index in [1.807, 2.05) is 36.1 Å². The summed E-state index contributed by atoms with van der Waals surface area (Å²) in [6, 6.07) is 8.02. The van der Waals surface area contributed by atoms with Crippen LogP contribution in [0.3, 0.4) is 0 Å². The molecular weight excluding hydrogens is 280 g/mol. The van der Waals surface area contributed by atoms with E-state index in [9.17, 15) is 4.79 Å². The van der Waals surface area contributed by atoms with Gasteiger partial charge in [-0.15, -0.1) is 0 Å². The first kappa shape index (κ1) is 13.8. The van der Waals surface area contributed by atoms with Gasteiger partial charge < -0.3 is 19.4 Å². The molecule has 0 atom stereocenters. The second kappa shape index (κ2) is 5.11. The molecule has 4 rings (SSSR count). The van der Waals surface area contributed by atoms with Crippen LogP contribution in [0.15, 0.2) is 24.3 Å². The molecule has 0 unspecified atom stereocenters. The van der Waals surface area contributed by atoms with Crippen molar-refractivity contribution >= 4 is 16.8 Å². The van der Waals surface area contributed by atoms with E-state index in [1.165, 1.54) is 0 Å². The number of carbonyl (C=O) groups is 1. The van der Waals surface area contributed by atoms with E-state index < -0.39 is 5.79 Å². The van der Waals surface area contributed by atoms with Crippen LogP contribution in [0.4, 0.5) is 0 Å². The van der Waals surface area contributed by atoms with Crippen LogP contribution >= 0.6 is 0 Å². The fourth-order valence-corrected chi connectivity index (χ4v) is 3.49. The highest BCUT2D eigenvalue weighted by molar-refractivity contribution is 6.00. The van der Waals surface area contributed by atoms with Gasteiger partial charge in [-0.2, -0.15) is 0 Å². The number of fused-ring (bicyclic) bond motifs is 1. The van der Waals surface area contributed by atoms with Crippen LogP contribution in [-0.2, 0) is 9.47 Å². The summed E-state index contributed by atoms with van der Waals surface area (Å²) in [5.41, 5.74) is 2.74. The Kier molecular flexibility index (Phi) is 3.20. The first-order chi connectivity index (χ1) is 10.7. The Morgan fingerprint density at radius 2 is 1.86 bits per heavy atom. The number of likely N-dealkylation sites (tertiary alicyclic amines) is 1. The van der Waals surface area contributed by atoms with Crippen molar-refractivity contribution in [1.29, 1.82) is 0 Å². The number of amides is 1. The van der Waals surface area contributed by atoms with Crippen molar-refractivity contribution in [2.75, 3.05) is 26.3 Å². The maximum atomic E-state index is 12.8. The van der Waals surface area contributed by atoms with Crippen LogP contribution in [0.1, 0.15) is 28.9 Å². The van der Waals surface area contributed by atoms with Crippen LogP contribution in [0.25, 0.3) is 10.9 Å². The molecule has 3 heterocycles. The Morgan fingerprint density at radius 1 is 1.18 bits per heavy atom. The Labute approximate surface area is 129 Å². The summed E-state index contributed by atoms with van der Waals surface area (Å²) in [5.74, 6) is -0.367. The average molecular weight is 300 g/mol. The van der Waals surface area contributed by atoms with Gasteiger partial charge >= 0.3 is 0 Å². The van der Waals surface area contributed by atoms with Gasteiger partial charge in [-0.05, 0) is 18.6 Å². The van der Waals surface area contributed by atoms with Crippen LogP contribution in [0.2, 0.25) is 0 Å². The summed E-state index contributed by atoms with van der Waals surface area (Å²) in [7, 11) is 0. The molecular formula is C17H20N2O3. The van der Waals surface area contributed by atoms with Gasteiger partial charge in [0.2, 0.25) is 0 Å². The van der Waals surface area contributed by atoms with Gasteiger partial charge in [0.15, 0.2) is 5.79 Å². The number of rotatable bonds is 1. The number of nitrogens with one attached hydrogen (secondary N) is 1. The van der Waals surface area contributed by atoms with Crippen LogP contribution < -0.4 is 0 Å². The number of benzene rings is 1. The number of hydrogen-bond acceptors (Lipinski definition) is 3. The summed E-state index contributed by atoms with van der Waals surface area (Å²) in [4.78, 5) is 18.0. The van der Waals surface area contributed by atoms with E-state index in [2.05, 4.69) is 4.98 Å². The van der Waals surface area contributed by atoms with E-state index in [1.54, 1.807) is 0 Å². The molecule has 5 nitrogen and oxygen atoms in total. The quantitative estimate of drug-likeness (QED) is 0.880. The van der Waals surface area contributed by atoms with Crippen molar-refractivity contribution in [3.8, 4) is 0 Å². The lowest BCUT2D eigenvalue weighted by molar-refractivity contribution is -0.181. The number of para-hydroxylation sites is 1. The largest absolute Gasteiger partial charge is 0.350 e. The number of aromatic nitrogens is 1. The number of nitrogens with zero attached hydrogens (tertiary/aromatic N) is 1. The Morgan fingerprint density at radius 3 is 2.55 bits per heavy atom. The zero-order chi connectivity index (χ0) is 15.2. The van der Waals surface area contributed by atoms with Crippen molar-refractivity contribution in [3.05, 3.63) is 35.5 Å². The monoisotopic (exact) mass is 300 g/mol. The molecule has 116 valence electrons. The second-order valence-corrected chi connectivity index (χ2v) is 6.07. The third kappa shape index (κ3) is 2.12. The Bertz CT molecular complexity index is 706. The normalized spacial score (nSPS) is 20.9. The highest BCUT2D eigenvalue weighted by Gasteiger charge is 2.41. The summed E-state index contributed by atoms with van der Waals surface area (Å²) in [6.45, 7) is 4.67. The molecule has 2 saturated heterocycles. The third-order valence-corrected chi connectivity index (χ3v) is 4.81. The molecule has 2 fully saturated rings. The SMILES string of the molecule is Cc1c(C(=O)N2CCC3(CC2)OCCO3)[nH]c2ccccc12. The first-order valence-electron chi connectivity index (χ1n) is 7.83. The standard InChI is InChI=1S/C17H20N2O3/c1-12-13-4-2-3-5-14(13)18-15(12)16(20)19-8-6-17(7-9-19)21-10-11-22-17/h2-5,18H,6-11H2,1H3. The molecule has 1 amide bonds. The zero-order valence-corrected chi connectivity index (χ0v) is 12.7. The molecule has 1 N–H and O–H groups in total. The van der Waals surface area contributed by atoms with Gasteiger partial charge in [0.05, 0.1) is 13.2 Å². The lowest BCUT2D eigenvalue weighted by atomic mass is 10.0. The smallest absolute Gasteiger partial charge is 0.270 e. The van der Waals surface area contributed by atoms with Gasteiger partial charge in [0.25, 0.3) is 5.91 Å². The van der Waals surface area contributed by atoms with Crippen molar-refractivity contribution in [3.63, 3.8) is 0 Å². The van der Waals surface area contributed by atoms with Crippen LogP contribution in [-0.4, -0.2) is 47.9 Å². The lowest BCUT2D eigenvalue weighted by Crippen LogP contribution is -2.47. The van der Waals surface area contributed by atoms with E-state index in [-0.39, 0.29) is 5.91 Å². The summed E-state index contributed by atoms with van der Waals surface area (Å²) < 4.78 is 11.4. The molecule has 1 aromatic carbocycles. The molecule has 1 spiro atoms. The first-order valence-corrected chi connectivity index (χ1v) is 7.83. The minimum atomic E-state index is -0.438. The molecule has 22 heavy (non-hydrogen) atoms. The molecule has 0 aliphatic carbocycles. The molecule has 0 saturated carbocycles. The van der Waals surface area contributed by atoms with Crippen molar-refractivity contribution < 1.29 is 14.3 Å². The number of carbonyl (C=O) groups excluding carboxylic acids is 1. The predicted octanol–water partition coefficient (Wildman–Crippen LogP) is 2.46. The average Bonchev–Trinajstić information content (AvgIpc) is 3.13. The lowest BCUT2D eigenvalue weighted by Gasteiger charge is -2.37. The number of hydrogen-bond donors (Lipinski definition) is 1. The van der Waals surface area contributed by atoms with Gasteiger partial charge in [0, 0.05) is 36.8 Å². The number of H-pyrrole nitrogens is 1. The summed E-state index contributed by atoms with van der Waals surface area (Å²) >= 11 is 0. The maximum Gasteiger partial charge on any atom is 0.270 e. The Balaban J connectivity index is 1.55. The fourth-order valence-electron chi connectivity index (χ4n) is 3.49. The van der Waals surface area contributed by atoms with E-state index in [0.717, 1.165) is 29.3 Å². The van der Waals surface area contributed by atoms with Crippen LogP contribution in [0.5, 0.6) is 0 Å². The molecule has 2 aliphatic heterocycles. The molecule has 2 aromatic rings. The minimum Gasteiger partial charge on any atom is -0.350 e. The summed E-state index contributed by atoms with van der Waals surface area (Å²) in [6.07, 6.45) is 1.50. The van der Waals surface area contributed by atoms with Gasteiger partial charge in [-0.1, -0.05) is 18.2 Å². The highest BCUT2D eigenvalue weighted by atomic mass is 16.7. The van der Waals surface area contributed by atoms with Crippen LogP contribution in [0, 0.1) is 6.92 Å². The van der Waals surface area contributed by atoms with Gasteiger partial charge in [0.1, 0.15) is 5.69 Å². The molecule has 0 radical (unpaired) electrons. The van der Waals surface area contributed by atoms with Gasteiger partial charge in [-0.25, -0.2) is 0 Å².